The lowest BCUT2D eigenvalue weighted by atomic mass is 9.95. The van der Waals surface area contributed by atoms with E-state index in [2.05, 4.69) is 20.8 Å². The van der Waals surface area contributed by atoms with E-state index in [0.717, 1.165) is 91.8 Å². The van der Waals surface area contributed by atoms with Crippen LogP contribution in [-0.2, 0) is 13.0 Å². The van der Waals surface area contributed by atoms with Gasteiger partial charge in [-0.3, -0.25) is 4.90 Å². The van der Waals surface area contributed by atoms with Crippen molar-refractivity contribution < 1.29 is 19.3 Å². The molecule has 0 aliphatic carbocycles. The smallest absolute Gasteiger partial charge is 0.318 e. The molecule has 4 aliphatic heterocycles. The molecule has 3 saturated heterocycles. The summed E-state index contributed by atoms with van der Waals surface area (Å²) in [5, 5.41) is 22.9. The maximum atomic E-state index is 14.4. The molecule has 1 aromatic heterocycles. The van der Waals surface area contributed by atoms with Gasteiger partial charge in [0.1, 0.15) is 24.3 Å². The zero-order chi connectivity index (χ0) is 27.3. The number of aromatic hydroxyl groups is 1. The van der Waals surface area contributed by atoms with Gasteiger partial charge in [0.2, 0.25) is 0 Å². The summed E-state index contributed by atoms with van der Waals surface area (Å²) in [6.07, 6.45) is 4.62. The summed E-state index contributed by atoms with van der Waals surface area (Å²) >= 11 is 0. The van der Waals surface area contributed by atoms with Gasteiger partial charge in [0, 0.05) is 55.3 Å². The minimum atomic E-state index is -0.807. The molecule has 0 spiro atoms. The quantitative estimate of drug-likeness (QED) is 0.492. The highest BCUT2D eigenvalue weighted by atomic mass is 19.1. The zero-order valence-corrected chi connectivity index (χ0v) is 22.9. The first-order chi connectivity index (χ1) is 19.5. The van der Waals surface area contributed by atoms with Crippen LogP contribution in [-0.4, -0.2) is 82.2 Å². The monoisotopic (exact) mass is 547 g/mol. The molecule has 3 fully saturated rings. The molecule has 0 bridgehead atoms. The Labute approximate surface area is 234 Å². The molecule has 1 unspecified atom stereocenters. The summed E-state index contributed by atoms with van der Waals surface area (Å²) in [7, 11) is 0. The minimum absolute atomic E-state index is 0.248. The number of alkyl halides is 1. The largest absolute Gasteiger partial charge is 0.508 e. The van der Waals surface area contributed by atoms with Crippen LogP contribution in [0.4, 0.5) is 15.9 Å². The van der Waals surface area contributed by atoms with Crippen LogP contribution in [0.1, 0.15) is 49.8 Å². The molecule has 3 aromatic rings. The molecular weight excluding hydrogens is 509 g/mol. The second-order valence-corrected chi connectivity index (χ2v) is 12.0. The van der Waals surface area contributed by atoms with Crippen LogP contribution in [0.25, 0.3) is 10.8 Å². The number of benzene rings is 2. The Morgan fingerprint density at radius 3 is 2.85 bits per heavy atom. The summed E-state index contributed by atoms with van der Waals surface area (Å²) in [6.45, 7) is 4.74. The molecule has 9 heteroatoms. The third-order valence-electron chi connectivity index (χ3n) is 9.42. The predicted molar refractivity (Wildman–Crippen MR) is 153 cm³/mol. The van der Waals surface area contributed by atoms with Gasteiger partial charge < -0.3 is 24.7 Å². The van der Waals surface area contributed by atoms with Gasteiger partial charge in [-0.15, -0.1) is 0 Å². The molecule has 2 aromatic carbocycles. The Balaban J connectivity index is 1.23. The first-order valence-corrected chi connectivity index (χ1v) is 14.8. The van der Waals surface area contributed by atoms with Gasteiger partial charge in [-0.25, -0.2) is 4.39 Å². The highest BCUT2D eigenvalue weighted by molar-refractivity contribution is 5.95. The van der Waals surface area contributed by atoms with Gasteiger partial charge in [0.05, 0.1) is 23.9 Å². The summed E-state index contributed by atoms with van der Waals surface area (Å²) in [5.74, 6) is 1.16. The summed E-state index contributed by atoms with van der Waals surface area (Å²) < 4.78 is 20.7. The number of nitrogens with zero attached hydrogens (tertiary/aromatic N) is 5. The Morgan fingerprint density at radius 1 is 1.02 bits per heavy atom. The fourth-order valence-electron chi connectivity index (χ4n) is 7.40. The maximum Gasteiger partial charge on any atom is 0.318 e. The lowest BCUT2D eigenvalue weighted by Gasteiger charge is -2.34. The van der Waals surface area contributed by atoms with Crippen LogP contribution >= 0.6 is 0 Å². The average Bonchev–Trinajstić information content (AvgIpc) is 3.38. The number of phenols is 1. The molecule has 3 atom stereocenters. The molecule has 40 heavy (non-hydrogen) atoms. The van der Waals surface area contributed by atoms with Gasteiger partial charge >= 0.3 is 6.01 Å². The normalized spacial score (nSPS) is 27.1. The number of phenolic OH excluding ortho intramolecular Hbond substituents is 1. The molecule has 212 valence electrons. The summed E-state index contributed by atoms with van der Waals surface area (Å²) in [4.78, 5) is 16.7. The molecule has 7 rings (SSSR count). The Bertz CT molecular complexity index is 1400. The second kappa shape index (κ2) is 10.3. The molecule has 0 radical (unpaired) electrons. The average molecular weight is 548 g/mol. The minimum Gasteiger partial charge on any atom is -0.508 e. The highest BCUT2D eigenvalue weighted by Gasteiger charge is 2.49. The van der Waals surface area contributed by atoms with Crippen LogP contribution in [0, 0.1) is 0 Å². The number of aliphatic hydroxyl groups excluding tert-OH is 1. The van der Waals surface area contributed by atoms with Crippen molar-refractivity contribution >= 4 is 22.3 Å². The third-order valence-corrected chi connectivity index (χ3v) is 9.42. The van der Waals surface area contributed by atoms with Gasteiger partial charge in [0.25, 0.3) is 0 Å². The number of hydrogen-bond donors (Lipinski definition) is 2. The van der Waals surface area contributed by atoms with E-state index >= 15 is 0 Å². The van der Waals surface area contributed by atoms with E-state index < -0.39 is 6.17 Å². The van der Waals surface area contributed by atoms with Crippen molar-refractivity contribution in [3.05, 3.63) is 47.7 Å². The standard InChI is InChI=1S/C31H38FN5O3/c32-22-17-31(10-4-12-37(31)18-22)20-40-30-33-27-19-36(28-16-24(39)15-21-5-1-2-7-25(21)28)14-9-26(27)29(34-30)35-11-3-6-23(38)8-13-35/h1-2,5,7,15-16,22-23,38-39H,3-4,6,8-14,17-20H2/t22-,23?,31+/m1/s1. The Hall–Kier alpha value is -3.17. The third kappa shape index (κ3) is 4.73. The van der Waals surface area contributed by atoms with E-state index in [-0.39, 0.29) is 17.4 Å². The van der Waals surface area contributed by atoms with Crippen molar-refractivity contribution in [2.75, 3.05) is 49.1 Å². The lowest BCUT2D eigenvalue weighted by Crippen LogP contribution is -2.43. The van der Waals surface area contributed by atoms with Crippen LogP contribution in [0.3, 0.4) is 0 Å². The summed E-state index contributed by atoms with van der Waals surface area (Å²) in [5.41, 5.74) is 2.79. The first-order valence-electron chi connectivity index (χ1n) is 14.8. The Morgan fingerprint density at radius 2 is 1.93 bits per heavy atom. The van der Waals surface area contributed by atoms with E-state index in [0.29, 0.717) is 38.5 Å². The summed E-state index contributed by atoms with van der Waals surface area (Å²) in [6, 6.07) is 12.1. The number of aliphatic hydroxyl groups is 1. The number of rotatable bonds is 5. The van der Waals surface area contributed by atoms with Crippen molar-refractivity contribution in [3.8, 4) is 11.8 Å². The molecule has 5 heterocycles. The number of hydrogen-bond acceptors (Lipinski definition) is 8. The number of ether oxygens (including phenoxy) is 1. The van der Waals surface area contributed by atoms with Crippen LogP contribution in [0.5, 0.6) is 11.8 Å². The van der Waals surface area contributed by atoms with Crippen molar-refractivity contribution in [1.82, 2.24) is 14.9 Å². The molecular formula is C31H38FN5O3. The lowest BCUT2D eigenvalue weighted by molar-refractivity contribution is 0.107. The SMILES string of the molecule is Oc1cc(N2CCc3c(nc(OC[C@@]45CCCN4C[C@H](F)C5)nc3N3CCCC(O)CC3)C2)c2ccccc2c1. The van der Waals surface area contributed by atoms with Crippen molar-refractivity contribution in [1.29, 1.82) is 0 Å². The molecule has 4 aliphatic rings. The van der Waals surface area contributed by atoms with E-state index in [1.165, 1.54) is 0 Å². The maximum absolute atomic E-state index is 14.4. The number of aromatic nitrogens is 2. The highest BCUT2D eigenvalue weighted by Crippen LogP contribution is 2.41. The Kier molecular flexibility index (Phi) is 6.66. The molecule has 0 amide bonds. The van der Waals surface area contributed by atoms with Gasteiger partial charge in [0.15, 0.2) is 0 Å². The van der Waals surface area contributed by atoms with Crippen LogP contribution in [0.15, 0.2) is 36.4 Å². The van der Waals surface area contributed by atoms with Gasteiger partial charge in [-0.2, -0.15) is 9.97 Å². The molecule has 2 N–H and O–H groups in total. The number of halogens is 1. The van der Waals surface area contributed by atoms with Crippen molar-refractivity contribution in [3.63, 3.8) is 0 Å². The molecule has 0 saturated carbocycles. The van der Waals surface area contributed by atoms with E-state index in [9.17, 15) is 14.6 Å². The first kappa shape index (κ1) is 25.8. The fraction of sp³-hybridized carbons (Fsp3) is 0.548. The van der Waals surface area contributed by atoms with E-state index in [1.54, 1.807) is 6.07 Å². The van der Waals surface area contributed by atoms with Crippen LogP contribution < -0.4 is 14.5 Å². The van der Waals surface area contributed by atoms with E-state index in [4.69, 9.17) is 14.7 Å². The van der Waals surface area contributed by atoms with Crippen molar-refractivity contribution in [2.45, 2.75) is 69.3 Å². The van der Waals surface area contributed by atoms with Crippen molar-refractivity contribution in [2.24, 2.45) is 0 Å². The zero-order valence-electron chi connectivity index (χ0n) is 22.9. The van der Waals surface area contributed by atoms with Crippen LogP contribution in [0.2, 0.25) is 0 Å². The second-order valence-electron chi connectivity index (χ2n) is 12.0. The topological polar surface area (TPSA) is 85.2 Å². The number of anilines is 2. The number of fused-ring (bicyclic) bond motifs is 3. The predicted octanol–water partition coefficient (Wildman–Crippen LogP) is 4.20. The fourth-order valence-corrected chi connectivity index (χ4v) is 7.40. The van der Waals surface area contributed by atoms with Gasteiger partial charge in [-0.1, -0.05) is 24.3 Å². The van der Waals surface area contributed by atoms with E-state index in [1.807, 2.05) is 24.3 Å². The molecule has 8 nitrogen and oxygen atoms in total. The van der Waals surface area contributed by atoms with Gasteiger partial charge in [-0.05, 0) is 56.5 Å².